The van der Waals surface area contributed by atoms with E-state index >= 15 is 0 Å². The van der Waals surface area contributed by atoms with Gasteiger partial charge in [0.15, 0.2) is 5.76 Å². The SMILES string of the molecule is COC(=O)c1ccc(/C=C2\Oc3cc(OC(=O)c4ccccc4Cl)ccc3C2=O)cc1. The largest absolute Gasteiger partial charge is 0.465 e. The minimum atomic E-state index is -0.615. The standard InChI is InChI=1S/C24H15ClO6/c1-29-23(27)15-8-6-14(7-9-15)12-21-22(26)18-11-10-16(13-20(18)31-21)30-24(28)17-4-2-3-5-19(17)25/h2-13H,1H3/b21-12-. The number of ether oxygens (including phenoxy) is 3. The normalized spacial score (nSPS) is 13.5. The Morgan fingerprint density at radius 1 is 0.968 bits per heavy atom. The number of esters is 2. The third-order valence-electron chi connectivity index (χ3n) is 4.58. The van der Waals surface area contributed by atoms with Crippen molar-refractivity contribution in [3.63, 3.8) is 0 Å². The number of hydrogen-bond acceptors (Lipinski definition) is 6. The number of methoxy groups -OCH3 is 1. The van der Waals surface area contributed by atoms with E-state index < -0.39 is 11.9 Å². The molecule has 0 N–H and O–H groups in total. The first kappa shape index (κ1) is 20.4. The zero-order valence-corrected chi connectivity index (χ0v) is 17.0. The first-order chi connectivity index (χ1) is 15.0. The van der Waals surface area contributed by atoms with Gasteiger partial charge in [-0.3, -0.25) is 4.79 Å². The molecule has 3 aromatic rings. The van der Waals surface area contributed by atoms with Crippen LogP contribution in [0.4, 0.5) is 0 Å². The highest BCUT2D eigenvalue weighted by Crippen LogP contribution is 2.35. The molecule has 0 spiro atoms. The van der Waals surface area contributed by atoms with E-state index in [1.54, 1.807) is 54.6 Å². The smallest absolute Gasteiger partial charge is 0.345 e. The van der Waals surface area contributed by atoms with E-state index in [2.05, 4.69) is 4.74 Å². The average Bonchev–Trinajstić information content (AvgIpc) is 3.08. The van der Waals surface area contributed by atoms with Gasteiger partial charge >= 0.3 is 11.9 Å². The molecule has 0 atom stereocenters. The van der Waals surface area contributed by atoms with Crippen LogP contribution in [0.3, 0.4) is 0 Å². The van der Waals surface area contributed by atoms with Crippen LogP contribution >= 0.6 is 11.6 Å². The number of rotatable bonds is 4. The van der Waals surface area contributed by atoms with Gasteiger partial charge in [-0.2, -0.15) is 0 Å². The van der Waals surface area contributed by atoms with Crippen molar-refractivity contribution in [2.45, 2.75) is 0 Å². The van der Waals surface area contributed by atoms with Crippen LogP contribution in [0, 0.1) is 0 Å². The fourth-order valence-corrected chi connectivity index (χ4v) is 3.22. The molecule has 4 rings (SSSR count). The van der Waals surface area contributed by atoms with Crippen LogP contribution in [0.15, 0.2) is 72.5 Å². The Bertz CT molecular complexity index is 1230. The first-order valence-electron chi connectivity index (χ1n) is 9.19. The molecule has 0 amide bonds. The summed E-state index contributed by atoms with van der Waals surface area (Å²) >= 11 is 6.03. The van der Waals surface area contributed by atoms with E-state index in [4.69, 9.17) is 21.1 Å². The highest BCUT2D eigenvalue weighted by molar-refractivity contribution is 6.33. The van der Waals surface area contributed by atoms with Gasteiger partial charge in [0.2, 0.25) is 5.78 Å². The molecular weight excluding hydrogens is 420 g/mol. The number of benzene rings is 3. The number of halogens is 1. The topological polar surface area (TPSA) is 78.9 Å². The molecule has 1 aliphatic heterocycles. The third kappa shape index (κ3) is 4.20. The summed E-state index contributed by atoms with van der Waals surface area (Å²) in [6, 6.07) is 17.6. The van der Waals surface area contributed by atoms with E-state index in [0.717, 1.165) is 0 Å². The Labute approximate surface area is 182 Å². The van der Waals surface area contributed by atoms with Crippen molar-refractivity contribution >= 4 is 35.4 Å². The van der Waals surface area contributed by atoms with Gasteiger partial charge in [0, 0.05) is 6.07 Å². The van der Waals surface area contributed by atoms with E-state index in [9.17, 15) is 14.4 Å². The van der Waals surface area contributed by atoms with Crippen molar-refractivity contribution in [2.24, 2.45) is 0 Å². The summed E-state index contributed by atoms with van der Waals surface area (Å²) in [6.45, 7) is 0. The molecule has 7 heteroatoms. The molecule has 1 aliphatic rings. The number of carbonyl (C=O) groups excluding carboxylic acids is 3. The van der Waals surface area contributed by atoms with E-state index in [1.165, 1.54) is 25.3 Å². The summed E-state index contributed by atoms with van der Waals surface area (Å²) in [7, 11) is 1.31. The minimum Gasteiger partial charge on any atom is -0.465 e. The Morgan fingerprint density at radius 3 is 2.42 bits per heavy atom. The molecule has 0 unspecified atom stereocenters. The molecule has 6 nitrogen and oxygen atoms in total. The molecule has 0 aromatic heterocycles. The summed E-state index contributed by atoms with van der Waals surface area (Å²) < 4.78 is 15.7. The van der Waals surface area contributed by atoms with Crippen LogP contribution in [0.2, 0.25) is 5.02 Å². The molecule has 0 fully saturated rings. The number of ketones is 1. The van der Waals surface area contributed by atoms with Crippen molar-refractivity contribution in [2.75, 3.05) is 7.11 Å². The van der Waals surface area contributed by atoms with Gasteiger partial charge in [-0.05, 0) is 48.0 Å². The maximum absolute atomic E-state index is 12.6. The zero-order chi connectivity index (χ0) is 22.0. The fraction of sp³-hybridized carbons (Fsp3) is 0.0417. The molecule has 1 heterocycles. The molecule has 0 saturated carbocycles. The Hall–Kier alpha value is -3.90. The predicted octanol–water partition coefficient (Wildman–Crippen LogP) is 4.96. The number of fused-ring (bicyclic) bond motifs is 1. The third-order valence-corrected chi connectivity index (χ3v) is 4.90. The van der Waals surface area contributed by atoms with Gasteiger partial charge < -0.3 is 14.2 Å². The molecule has 0 saturated heterocycles. The highest BCUT2D eigenvalue weighted by Gasteiger charge is 2.28. The average molecular weight is 435 g/mol. The highest BCUT2D eigenvalue weighted by atomic mass is 35.5. The Morgan fingerprint density at radius 2 is 1.71 bits per heavy atom. The first-order valence-corrected chi connectivity index (χ1v) is 9.57. The molecular formula is C24H15ClO6. The van der Waals surface area contributed by atoms with E-state index in [-0.39, 0.29) is 33.6 Å². The number of Topliss-reactive ketones (excluding diaryl/α,β-unsaturated/α-hetero) is 1. The lowest BCUT2D eigenvalue weighted by atomic mass is 10.1. The zero-order valence-electron chi connectivity index (χ0n) is 16.3. The lowest BCUT2D eigenvalue weighted by molar-refractivity contribution is 0.0600. The van der Waals surface area contributed by atoms with Crippen molar-refractivity contribution in [1.29, 1.82) is 0 Å². The van der Waals surface area contributed by atoms with Gasteiger partial charge in [-0.25, -0.2) is 9.59 Å². The number of allylic oxidation sites excluding steroid dienone is 1. The van der Waals surface area contributed by atoms with Crippen LogP contribution in [0.1, 0.15) is 36.6 Å². The van der Waals surface area contributed by atoms with Crippen LogP contribution < -0.4 is 9.47 Å². The van der Waals surface area contributed by atoms with Gasteiger partial charge in [-0.15, -0.1) is 0 Å². The summed E-state index contributed by atoms with van der Waals surface area (Å²) in [6.07, 6.45) is 1.57. The second kappa shape index (κ2) is 8.45. The number of hydrogen-bond donors (Lipinski definition) is 0. The fourth-order valence-electron chi connectivity index (χ4n) is 3.00. The Kier molecular flexibility index (Phi) is 5.56. The molecule has 0 radical (unpaired) electrons. The maximum atomic E-state index is 12.6. The van der Waals surface area contributed by atoms with Gasteiger partial charge in [0.25, 0.3) is 0 Å². The molecule has 3 aromatic carbocycles. The monoisotopic (exact) mass is 434 g/mol. The Balaban J connectivity index is 1.53. The van der Waals surface area contributed by atoms with Crippen LogP contribution in [-0.4, -0.2) is 24.8 Å². The predicted molar refractivity (Wildman–Crippen MR) is 114 cm³/mol. The summed E-state index contributed by atoms with van der Waals surface area (Å²) in [4.78, 5) is 36.5. The lowest BCUT2D eigenvalue weighted by Gasteiger charge is -2.06. The maximum Gasteiger partial charge on any atom is 0.345 e. The molecule has 0 bridgehead atoms. The quantitative estimate of drug-likeness (QED) is 0.328. The summed E-state index contributed by atoms with van der Waals surface area (Å²) in [5.41, 5.74) is 1.67. The van der Waals surface area contributed by atoms with E-state index in [0.29, 0.717) is 16.7 Å². The van der Waals surface area contributed by atoms with Gasteiger partial charge in [0.1, 0.15) is 11.5 Å². The van der Waals surface area contributed by atoms with Gasteiger partial charge in [0.05, 0.1) is 28.8 Å². The molecule has 31 heavy (non-hydrogen) atoms. The van der Waals surface area contributed by atoms with Crippen LogP contribution in [0.5, 0.6) is 11.5 Å². The minimum absolute atomic E-state index is 0.121. The van der Waals surface area contributed by atoms with Crippen LogP contribution in [-0.2, 0) is 4.74 Å². The van der Waals surface area contributed by atoms with E-state index in [1.807, 2.05) is 0 Å². The van der Waals surface area contributed by atoms with Gasteiger partial charge in [-0.1, -0.05) is 35.9 Å². The lowest BCUT2D eigenvalue weighted by Crippen LogP contribution is -2.09. The molecule has 154 valence electrons. The van der Waals surface area contributed by atoms with Crippen molar-refractivity contribution in [3.05, 3.63) is 99.8 Å². The van der Waals surface area contributed by atoms with Crippen molar-refractivity contribution < 1.29 is 28.6 Å². The van der Waals surface area contributed by atoms with Crippen LogP contribution in [0.25, 0.3) is 6.08 Å². The van der Waals surface area contributed by atoms with Crippen molar-refractivity contribution in [3.8, 4) is 11.5 Å². The summed E-state index contributed by atoms with van der Waals surface area (Å²) in [5, 5.41) is 0.281. The molecule has 0 aliphatic carbocycles. The second-order valence-electron chi connectivity index (χ2n) is 6.58. The number of carbonyl (C=O) groups is 3. The second-order valence-corrected chi connectivity index (χ2v) is 6.99. The summed E-state index contributed by atoms with van der Waals surface area (Å²) in [5.74, 6) is -0.728. The van der Waals surface area contributed by atoms with Crippen molar-refractivity contribution in [1.82, 2.24) is 0 Å².